The van der Waals surface area contributed by atoms with Crippen LogP contribution in [0.2, 0.25) is 0 Å². The fourth-order valence-electron chi connectivity index (χ4n) is 10.5. The summed E-state index contributed by atoms with van der Waals surface area (Å²) in [7, 11) is 0. The van der Waals surface area contributed by atoms with Crippen molar-refractivity contribution < 1.29 is 4.42 Å². The number of benzene rings is 8. The summed E-state index contributed by atoms with van der Waals surface area (Å²) >= 11 is 0. The van der Waals surface area contributed by atoms with Gasteiger partial charge in [0.1, 0.15) is 11.5 Å². The summed E-state index contributed by atoms with van der Waals surface area (Å²) < 4.78 is 6.79. The van der Waals surface area contributed by atoms with Crippen molar-refractivity contribution in [2.45, 2.75) is 52.4 Å². The maximum Gasteiger partial charge on any atom is 0.137 e. The molecule has 2 aliphatic carbocycles. The molecule has 0 fully saturated rings. The first kappa shape index (κ1) is 33.9. The highest BCUT2D eigenvalue weighted by Crippen LogP contribution is 2.56. The van der Waals surface area contributed by atoms with E-state index in [2.05, 4.69) is 199 Å². The van der Waals surface area contributed by atoms with Crippen LogP contribution in [-0.2, 0) is 10.8 Å². The van der Waals surface area contributed by atoms with Gasteiger partial charge in [-0.25, -0.2) is 0 Å². The average Bonchev–Trinajstić information content (AvgIpc) is 3.76. The predicted octanol–water partition coefficient (Wildman–Crippen LogP) is 15.5. The summed E-state index contributed by atoms with van der Waals surface area (Å²) in [5.74, 6) is 1.91. The minimum atomic E-state index is -0.183. The Hall–Kier alpha value is -6.44. The van der Waals surface area contributed by atoms with Gasteiger partial charge in [-0.05, 0) is 132 Å². The van der Waals surface area contributed by atoms with Crippen LogP contribution in [0.3, 0.4) is 0 Å². The smallest absolute Gasteiger partial charge is 0.137 e. The molecule has 1 heteroatoms. The first-order valence-electron chi connectivity index (χ1n) is 20.3. The fourth-order valence-corrected chi connectivity index (χ4v) is 10.5. The quantitative estimate of drug-likeness (QED) is 0.176. The van der Waals surface area contributed by atoms with Gasteiger partial charge < -0.3 is 4.42 Å². The lowest BCUT2D eigenvalue weighted by atomic mass is 9.79. The van der Waals surface area contributed by atoms with E-state index < -0.39 is 0 Å². The monoisotopic (exact) mass is 732 g/mol. The Morgan fingerprint density at radius 1 is 0.351 bits per heavy atom. The number of hydrogen-bond donors (Lipinski definition) is 0. The molecule has 57 heavy (non-hydrogen) atoms. The summed E-state index contributed by atoms with van der Waals surface area (Å²) in [6, 6.07) is 58.5. The molecule has 1 nitrogen and oxygen atoms in total. The highest BCUT2D eigenvalue weighted by atomic mass is 16.3. The fraction of sp³-hybridized carbons (Fsp3) is 0.143. The van der Waals surface area contributed by atoms with Crippen molar-refractivity contribution in [1.29, 1.82) is 0 Å². The van der Waals surface area contributed by atoms with E-state index in [9.17, 15) is 0 Å². The first-order chi connectivity index (χ1) is 27.6. The zero-order chi connectivity index (χ0) is 38.8. The summed E-state index contributed by atoms with van der Waals surface area (Å²) in [6.45, 7) is 13.9. The Bertz CT molecular complexity index is 3120. The largest absolute Gasteiger partial charge is 0.460 e. The van der Waals surface area contributed by atoms with E-state index in [1.165, 1.54) is 105 Å². The van der Waals surface area contributed by atoms with Gasteiger partial charge in [-0.2, -0.15) is 0 Å². The summed E-state index contributed by atoms with van der Waals surface area (Å²) in [4.78, 5) is 0. The number of hydrogen-bond acceptors (Lipinski definition) is 1. The Kier molecular flexibility index (Phi) is 7.15. The molecule has 2 aliphatic rings. The van der Waals surface area contributed by atoms with Gasteiger partial charge in [-0.1, -0.05) is 161 Å². The lowest BCUT2D eigenvalue weighted by molar-refractivity contribution is 0.548. The third kappa shape index (κ3) is 4.75. The molecule has 11 rings (SSSR count). The minimum absolute atomic E-state index is 0.173. The van der Waals surface area contributed by atoms with E-state index in [0.29, 0.717) is 0 Å². The number of fused-ring (bicyclic) bond motifs is 10. The van der Waals surface area contributed by atoms with E-state index in [1.807, 2.05) is 0 Å². The summed E-state index contributed by atoms with van der Waals surface area (Å²) in [6.07, 6.45) is 0. The molecule has 0 radical (unpaired) electrons. The molecule has 0 saturated heterocycles. The number of furan rings is 1. The Labute approximate surface area is 335 Å². The second-order valence-corrected chi connectivity index (χ2v) is 17.3. The molecule has 274 valence electrons. The van der Waals surface area contributed by atoms with Crippen LogP contribution in [0.25, 0.3) is 88.5 Å². The average molecular weight is 733 g/mol. The second-order valence-electron chi connectivity index (χ2n) is 17.3. The van der Waals surface area contributed by atoms with E-state index in [4.69, 9.17) is 4.42 Å². The van der Waals surface area contributed by atoms with Crippen molar-refractivity contribution in [3.63, 3.8) is 0 Å². The van der Waals surface area contributed by atoms with E-state index in [1.54, 1.807) is 0 Å². The molecule has 0 N–H and O–H groups in total. The van der Waals surface area contributed by atoms with Crippen molar-refractivity contribution >= 4 is 21.5 Å². The third-order valence-electron chi connectivity index (χ3n) is 13.4. The van der Waals surface area contributed by atoms with Gasteiger partial charge >= 0.3 is 0 Å². The van der Waals surface area contributed by atoms with Gasteiger partial charge in [0.2, 0.25) is 0 Å². The van der Waals surface area contributed by atoms with Crippen LogP contribution in [0.4, 0.5) is 0 Å². The van der Waals surface area contributed by atoms with E-state index >= 15 is 0 Å². The molecule has 8 aromatic carbocycles. The SMILES string of the molecule is Cc1oc(-c2ccc3c(c2)C(C)(C)c2cc(-c4ccccc4)c4ccccc4c2-3)c(C)c1-c1ccc2c(c1)C(C)(C)c1cc(-c3ccccc3)c3ccccc3c1-2. The van der Waals surface area contributed by atoms with E-state index in [-0.39, 0.29) is 10.8 Å². The molecule has 0 atom stereocenters. The highest BCUT2D eigenvalue weighted by Gasteiger charge is 2.39. The van der Waals surface area contributed by atoms with Gasteiger partial charge in [0, 0.05) is 27.5 Å². The standard InChI is InChI=1S/C56H44O/c1-33-51(37-25-27-43-47(29-37)55(3,4)49-31-45(35-17-9-7-10-18-35)39-21-13-15-23-41(39)52(43)49)34(2)57-54(33)38-26-28-44-48(30-38)56(5,6)50-32-46(36-19-11-8-12-20-36)40-22-14-16-24-42(40)53(44)50/h7-32H,1-6H3. The molecule has 1 aromatic heterocycles. The molecular weight excluding hydrogens is 689 g/mol. The first-order valence-corrected chi connectivity index (χ1v) is 20.3. The van der Waals surface area contributed by atoms with Crippen LogP contribution in [-0.4, -0.2) is 0 Å². The molecule has 9 aromatic rings. The van der Waals surface area contributed by atoms with Crippen LogP contribution >= 0.6 is 0 Å². The second kappa shape index (κ2) is 12.0. The van der Waals surface area contributed by atoms with Gasteiger partial charge in [0.25, 0.3) is 0 Å². The van der Waals surface area contributed by atoms with Crippen molar-refractivity contribution in [2.24, 2.45) is 0 Å². The molecule has 0 bridgehead atoms. The zero-order valence-electron chi connectivity index (χ0n) is 33.4. The van der Waals surface area contributed by atoms with Gasteiger partial charge in [0.05, 0.1) is 0 Å². The number of rotatable bonds is 4. The van der Waals surface area contributed by atoms with Crippen molar-refractivity contribution in [1.82, 2.24) is 0 Å². The maximum atomic E-state index is 6.79. The van der Waals surface area contributed by atoms with Gasteiger partial charge in [-0.15, -0.1) is 0 Å². The van der Waals surface area contributed by atoms with Crippen LogP contribution in [0.5, 0.6) is 0 Å². The lowest BCUT2D eigenvalue weighted by Crippen LogP contribution is -2.15. The molecule has 0 spiro atoms. The van der Waals surface area contributed by atoms with E-state index in [0.717, 1.165) is 17.1 Å². The van der Waals surface area contributed by atoms with Crippen LogP contribution in [0.15, 0.2) is 162 Å². The normalized spacial score (nSPS) is 14.4. The van der Waals surface area contributed by atoms with Crippen molar-refractivity contribution in [3.05, 3.63) is 191 Å². The van der Waals surface area contributed by atoms with Gasteiger partial charge in [0.15, 0.2) is 0 Å². The zero-order valence-corrected chi connectivity index (χ0v) is 33.4. The third-order valence-corrected chi connectivity index (χ3v) is 13.4. The van der Waals surface area contributed by atoms with Crippen LogP contribution in [0.1, 0.15) is 61.3 Å². The minimum Gasteiger partial charge on any atom is -0.460 e. The number of aryl methyl sites for hydroxylation is 1. The Balaban J connectivity index is 1.02. The Morgan fingerprint density at radius 2 is 0.772 bits per heavy atom. The topological polar surface area (TPSA) is 13.1 Å². The molecule has 1 heterocycles. The van der Waals surface area contributed by atoms with Crippen molar-refractivity contribution in [3.8, 4) is 67.0 Å². The Morgan fingerprint density at radius 3 is 1.26 bits per heavy atom. The summed E-state index contributed by atoms with van der Waals surface area (Å²) in [5, 5.41) is 5.22. The molecule has 0 aliphatic heterocycles. The lowest BCUT2D eigenvalue weighted by Gasteiger charge is -2.23. The van der Waals surface area contributed by atoms with Crippen LogP contribution in [0, 0.1) is 13.8 Å². The summed E-state index contributed by atoms with van der Waals surface area (Å²) in [5.41, 5.74) is 20.3. The molecule has 0 unspecified atom stereocenters. The molecule has 0 saturated carbocycles. The highest BCUT2D eigenvalue weighted by molar-refractivity contribution is 6.10. The molecular formula is C56H44O. The van der Waals surface area contributed by atoms with Gasteiger partial charge in [-0.3, -0.25) is 0 Å². The predicted molar refractivity (Wildman–Crippen MR) is 240 cm³/mol. The van der Waals surface area contributed by atoms with Crippen molar-refractivity contribution in [2.75, 3.05) is 0 Å². The van der Waals surface area contributed by atoms with Crippen LogP contribution < -0.4 is 0 Å². The molecule has 0 amide bonds. The maximum absolute atomic E-state index is 6.79.